The number of nitrogens with one attached hydrogen (secondary N) is 2. The first-order chi connectivity index (χ1) is 10.9. The summed E-state index contributed by atoms with van der Waals surface area (Å²) >= 11 is 0. The van der Waals surface area contributed by atoms with Crippen LogP contribution in [0, 0.1) is 6.92 Å². The van der Waals surface area contributed by atoms with E-state index in [-0.39, 0.29) is 6.54 Å². The van der Waals surface area contributed by atoms with Crippen LogP contribution in [0.3, 0.4) is 0 Å². The van der Waals surface area contributed by atoms with E-state index in [0.29, 0.717) is 11.3 Å². The van der Waals surface area contributed by atoms with Crippen molar-refractivity contribution in [3.8, 4) is 0 Å². The highest BCUT2D eigenvalue weighted by molar-refractivity contribution is 6.39. The minimum atomic E-state index is -1.25. The first kappa shape index (κ1) is 16.7. The molecule has 2 amide bonds. The third kappa shape index (κ3) is 4.66. The monoisotopic (exact) mass is 312 g/mol. The second-order valence-electron chi connectivity index (χ2n) is 5.64. The van der Waals surface area contributed by atoms with Crippen LogP contribution in [0.4, 0.5) is 5.69 Å². The fraction of sp³-hybridized carbons (Fsp3) is 0.222. The van der Waals surface area contributed by atoms with E-state index in [0.717, 1.165) is 5.56 Å². The van der Waals surface area contributed by atoms with Crippen molar-refractivity contribution in [2.24, 2.45) is 0 Å². The van der Waals surface area contributed by atoms with Crippen molar-refractivity contribution in [3.63, 3.8) is 0 Å². The molecule has 0 saturated heterocycles. The lowest BCUT2D eigenvalue weighted by Gasteiger charge is -2.24. The van der Waals surface area contributed by atoms with Gasteiger partial charge in [-0.05, 0) is 31.5 Å². The van der Waals surface area contributed by atoms with Crippen molar-refractivity contribution in [3.05, 3.63) is 65.7 Å². The van der Waals surface area contributed by atoms with Crippen LogP contribution in [0.5, 0.6) is 0 Å². The van der Waals surface area contributed by atoms with Crippen LogP contribution in [0.25, 0.3) is 0 Å². The summed E-state index contributed by atoms with van der Waals surface area (Å²) in [7, 11) is 0. The quantitative estimate of drug-likeness (QED) is 0.755. The zero-order valence-electron chi connectivity index (χ0n) is 13.2. The first-order valence-electron chi connectivity index (χ1n) is 7.32. The van der Waals surface area contributed by atoms with Gasteiger partial charge in [0.25, 0.3) is 0 Å². The summed E-state index contributed by atoms with van der Waals surface area (Å²) in [5.74, 6) is -1.56. The summed E-state index contributed by atoms with van der Waals surface area (Å²) in [5.41, 5.74) is 1.03. The van der Waals surface area contributed by atoms with Crippen LogP contribution >= 0.6 is 0 Å². The highest BCUT2D eigenvalue weighted by Crippen LogP contribution is 2.18. The van der Waals surface area contributed by atoms with Crippen molar-refractivity contribution < 1.29 is 14.7 Å². The van der Waals surface area contributed by atoms with Gasteiger partial charge >= 0.3 is 11.8 Å². The normalized spacial score (nSPS) is 13.0. The topological polar surface area (TPSA) is 78.4 Å². The van der Waals surface area contributed by atoms with Crippen molar-refractivity contribution in [1.29, 1.82) is 0 Å². The smallest absolute Gasteiger partial charge is 0.313 e. The second kappa shape index (κ2) is 7.07. The molecule has 2 rings (SSSR count). The Balaban J connectivity index is 1.91. The molecular weight excluding hydrogens is 292 g/mol. The lowest BCUT2D eigenvalue weighted by Crippen LogP contribution is -2.43. The molecule has 0 fully saturated rings. The molecule has 5 heteroatoms. The Kier molecular flexibility index (Phi) is 5.13. The number of carbonyl (C=O) groups is 2. The van der Waals surface area contributed by atoms with Gasteiger partial charge in [0.15, 0.2) is 0 Å². The molecule has 0 spiro atoms. The Morgan fingerprint density at radius 1 is 1.00 bits per heavy atom. The van der Waals surface area contributed by atoms with Gasteiger partial charge in [-0.1, -0.05) is 48.0 Å². The highest BCUT2D eigenvalue weighted by Gasteiger charge is 2.25. The van der Waals surface area contributed by atoms with Gasteiger partial charge in [-0.15, -0.1) is 0 Å². The molecule has 0 aliphatic heterocycles. The predicted molar refractivity (Wildman–Crippen MR) is 88.8 cm³/mol. The molecule has 2 aromatic rings. The largest absolute Gasteiger partial charge is 0.384 e. The fourth-order valence-corrected chi connectivity index (χ4v) is 2.06. The van der Waals surface area contributed by atoms with Gasteiger partial charge in [0.05, 0.1) is 6.54 Å². The van der Waals surface area contributed by atoms with Gasteiger partial charge in [0.2, 0.25) is 0 Å². The van der Waals surface area contributed by atoms with E-state index in [1.807, 2.05) is 25.1 Å². The SMILES string of the molecule is Cc1ccc(NC(=O)C(=O)NCC(C)(O)c2ccccc2)cc1. The number of benzene rings is 2. The van der Waals surface area contributed by atoms with Gasteiger partial charge < -0.3 is 15.7 Å². The van der Waals surface area contributed by atoms with Crippen LogP contribution in [0.2, 0.25) is 0 Å². The van der Waals surface area contributed by atoms with Gasteiger partial charge in [0.1, 0.15) is 5.60 Å². The van der Waals surface area contributed by atoms with Gasteiger partial charge in [-0.3, -0.25) is 9.59 Å². The lowest BCUT2D eigenvalue weighted by atomic mass is 9.96. The maximum atomic E-state index is 11.9. The molecule has 1 atom stereocenters. The Morgan fingerprint density at radius 3 is 2.22 bits per heavy atom. The molecule has 120 valence electrons. The summed E-state index contributed by atoms with van der Waals surface area (Å²) in [6, 6.07) is 16.1. The van der Waals surface area contributed by atoms with E-state index in [1.54, 1.807) is 43.3 Å². The average Bonchev–Trinajstić information content (AvgIpc) is 2.55. The van der Waals surface area contributed by atoms with Crippen molar-refractivity contribution in [2.45, 2.75) is 19.4 Å². The minimum Gasteiger partial charge on any atom is -0.384 e. The Hall–Kier alpha value is -2.66. The lowest BCUT2D eigenvalue weighted by molar-refractivity contribution is -0.136. The van der Waals surface area contributed by atoms with E-state index in [4.69, 9.17) is 0 Å². The Morgan fingerprint density at radius 2 is 1.61 bits per heavy atom. The van der Waals surface area contributed by atoms with Crippen LogP contribution in [0.15, 0.2) is 54.6 Å². The van der Waals surface area contributed by atoms with Crippen LogP contribution in [0.1, 0.15) is 18.1 Å². The molecule has 5 nitrogen and oxygen atoms in total. The third-order valence-corrected chi connectivity index (χ3v) is 3.50. The minimum absolute atomic E-state index is 0.0584. The molecule has 2 aromatic carbocycles. The fourth-order valence-electron chi connectivity index (χ4n) is 2.06. The molecule has 1 unspecified atom stereocenters. The molecule has 3 N–H and O–H groups in total. The zero-order chi connectivity index (χ0) is 16.9. The molecular formula is C18H20N2O3. The van der Waals surface area contributed by atoms with E-state index < -0.39 is 17.4 Å². The number of aryl methyl sites for hydroxylation is 1. The summed E-state index contributed by atoms with van der Waals surface area (Å²) in [6.45, 7) is 3.46. The number of carbonyl (C=O) groups excluding carboxylic acids is 2. The maximum absolute atomic E-state index is 11.9. The molecule has 0 heterocycles. The number of anilines is 1. The average molecular weight is 312 g/mol. The van der Waals surface area contributed by atoms with Crippen molar-refractivity contribution in [2.75, 3.05) is 11.9 Å². The number of rotatable bonds is 4. The Bertz CT molecular complexity index is 679. The molecule has 0 aromatic heterocycles. The summed E-state index contributed by atoms with van der Waals surface area (Å²) in [5, 5.41) is 15.4. The van der Waals surface area contributed by atoms with Gasteiger partial charge in [-0.2, -0.15) is 0 Å². The standard InChI is InChI=1S/C18H20N2O3/c1-13-8-10-15(11-9-13)20-17(22)16(21)19-12-18(2,23)14-6-4-3-5-7-14/h3-11,23H,12H2,1-2H3,(H,19,21)(H,20,22). The van der Waals surface area contributed by atoms with Crippen LogP contribution in [-0.4, -0.2) is 23.5 Å². The van der Waals surface area contributed by atoms with Crippen LogP contribution in [-0.2, 0) is 15.2 Å². The van der Waals surface area contributed by atoms with E-state index in [1.165, 1.54) is 0 Å². The highest BCUT2D eigenvalue weighted by atomic mass is 16.3. The van der Waals surface area contributed by atoms with Crippen LogP contribution < -0.4 is 10.6 Å². The van der Waals surface area contributed by atoms with E-state index >= 15 is 0 Å². The number of hydrogen-bond donors (Lipinski definition) is 3. The first-order valence-corrected chi connectivity index (χ1v) is 7.32. The molecule has 0 radical (unpaired) electrons. The predicted octanol–water partition coefficient (Wildman–Crippen LogP) is 1.96. The van der Waals surface area contributed by atoms with E-state index in [9.17, 15) is 14.7 Å². The summed E-state index contributed by atoms with van der Waals surface area (Å²) in [6.07, 6.45) is 0. The van der Waals surface area contributed by atoms with Crippen molar-refractivity contribution in [1.82, 2.24) is 5.32 Å². The maximum Gasteiger partial charge on any atom is 0.313 e. The molecule has 0 aliphatic carbocycles. The zero-order valence-corrected chi connectivity index (χ0v) is 13.2. The molecule has 0 bridgehead atoms. The van der Waals surface area contributed by atoms with E-state index in [2.05, 4.69) is 10.6 Å². The van der Waals surface area contributed by atoms with Gasteiger partial charge in [0, 0.05) is 5.69 Å². The van der Waals surface area contributed by atoms with Gasteiger partial charge in [-0.25, -0.2) is 0 Å². The Labute approximate surface area is 135 Å². The molecule has 0 aliphatic rings. The molecule has 23 heavy (non-hydrogen) atoms. The molecule has 0 saturated carbocycles. The van der Waals surface area contributed by atoms with Crippen molar-refractivity contribution >= 4 is 17.5 Å². The second-order valence-corrected chi connectivity index (χ2v) is 5.64. The summed E-state index contributed by atoms with van der Waals surface area (Å²) in [4.78, 5) is 23.7. The third-order valence-electron chi connectivity index (χ3n) is 3.50. The number of amides is 2. The number of hydrogen-bond acceptors (Lipinski definition) is 3. The number of aliphatic hydroxyl groups is 1. The summed E-state index contributed by atoms with van der Waals surface area (Å²) < 4.78 is 0.